The van der Waals surface area contributed by atoms with Gasteiger partial charge in [-0.25, -0.2) is 4.98 Å². The van der Waals surface area contributed by atoms with E-state index in [1.165, 1.54) is 11.3 Å². The third-order valence-corrected chi connectivity index (χ3v) is 3.67. The molecule has 0 aliphatic rings. The maximum Gasteiger partial charge on any atom is 0.205 e. The lowest BCUT2D eigenvalue weighted by Crippen LogP contribution is -1.90. The number of hydrogen-bond donors (Lipinski definition) is 1. The van der Waals surface area contributed by atoms with E-state index in [2.05, 4.69) is 26.6 Å². The second-order valence-electron chi connectivity index (χ2n) is 3.85. The SMILES string of the molecule is CNc1nnc(-c2cc3ccccc3nc2C#N)s1. The Morgan fingerprint density at radius 1 is 1.26 bits per heavy atom. The summed E-state index contributed by atoms with van der Waals surface area (Å²) in [6, 6.07) is 11.8. The Hall–Kier alpha value is -2.52. The average Bonchev–Trinajstić information content (AvgIpc) is 2.94. The Balaban J connectivity index is 2.24. The van der Waals surface area contributed by atoms with Gasteiger partial charge in [0.15, 0.2) is 10.7 Å². The Morgan fingerprint density at radius 2 is 2.11 bits per heavy atom. The van der Waals surface area contributed by atoms with Gasteiger partial charge in [0, 0.05) is 18.0 Å². The molecular weight excluding hydrogens is 258 g/mol. The molecule has 0 spiro atoms. The third kappa shape index (κ3) is 2.00. The van der Waals surface area contributed by atoms with Gasteiger partial charge in [-0.15, -0.1) is 10.2 Å². The van der Waals surface area contributed by atoms with E-state index < -0.39 is 0 Å². The van der Waals surface area contributed by atoms with Gasteiger partial charge in [0.2, 0.25) is 5.13 Å². The minimum absolute atomic E-state index is 0.373. The molecule has 2 heterocycles. The molecule has 0 unspecified atom stereocenters. The zero-order valence-corrected chi connectivity index (χ0v) is 10.9. The van der Waals surface area contributed by atoms with Gasteiger partial charge >= 0.3 is 0 Å². The first-order chi connectivity index (χ1) is 9.31. The Kier molecular flexibility index (Phi) is 2.82. The molecular formula is C13H9N5S. The molecule has 0 radical (unpaired) electrons. The third-order valence-electron chi connectivity index (χ3n) is 2.70. The second-order valence-corrected chi connectivity index (χ2v) is 4.83. The van der Waals surface area contributed by atoms with Crippen molar-refractivity contribution in [1.29, 1.82) is 5.26 Å². The molecule has 0 atom stereocenters. The molecule has 6 heteroatoms. The maximum absolute atomic E-state index is 9.23. The monoisotopic (exact) mass is 267 g/mol. The van der Waals surface area contributed by atoms with E-state index in [4.69, 9.17) is 0 Å². The van der Waals surface area contributed by atoms with Crippen molar-refractivity contribution in [1.82, 2.24) is 15.2 Å². The number of benzene rings is 1. The molecule has 0 amide bonds. The largest absolute Gasteiger partial charge is 0.363 e. The lowest BCUT2D eigenvalue weighted by atomic mass is 10.1. The molecule has 1 aromatic carbocycles. The Morgan fingerprint density at radius 3 is 2.84 bits per heavy atom. The van der Waals surface area contributed by atoms with Gasteiger partial charge < -0.3 is 5.32 Å². The topological polar surface area (TPSA) is 74.5 Å². The summed E-state index contributed by atoms with van der Waals surface area (Å²) in [5.41, 5.74) is 1.90. The number of nitrogens with zero attached hydrogens (tertiary/aromatic N) is 4. The van der Waals surface area contributed by atoms with Crippen molar-refractivity contribution in [3.63, 3.8) is 0 Å². The first-order valence-corrected chi connectivity index (χ1v) is 6.45. The quantitative estimate of drug-likeness (QED) is 0.772. The molecule has 1 N–H and O–H groups in total. The van der Waals surface area contributed by atoms with Crippen LogP contribution < -0.4 is 5.32 Å². The highest BCUT2D eigenvalue weighted by molar-refractivity contribution is 7.18. The summed E-state index contributed by atoms with van der Waals surface area (Å²) < 4.78 is 0. The van der Waals surface area contributed by atoms with Crippen LogP contribution in [0, 0.1) is 11.3 Å². The number of pyridine rings is 1. The minimum Gasteiger partial charge on any atom is -0.363 e. The van der Waals surface area contributed by atoms with Crippen LogP contribution in [0.2, 0.25) is 0 Å². The number of anilines is 1. The van der Waals surface area contributed by atoms with Crippen LogP contribution in [0.1, 0.15) is 5.69 Å². The molecule has 0 fully saturated rings. The lowest BCUT2D eigenvalue weighted by molar-refractivity contribution is 1.09. The van der Waals surface area contributed by atoms with Crippen LogP contribution in [0.5, 0.6) is 0 Å². The van der Waals surface area contributed by atoms with Crippen molar-refractivity contribution in [3.05, 3.63) is 36.0 Å². The number of rotatable bonds is 2. The zero-order valence-electron chi connectivity index (χ0n) is 10.1. The van der Waals surface area contributed by atoms with Crippen LogP contribution >= 0.6 is 11.3 Å². The molecule has 3 rings (SSSR count). The fraction of sp³-hybridized carbons (Fsp3) is 0.0769. The summed E-state index contributed by atoms with van der Waals surface area (Å²) >= 11 is 1.40. The van der Waals surface area contributed by atoms with Crippen LogP contribution in [0.3, 0.4) is 0 Å². The molecule has 0 bridgehead atoms. The first-order valence-electron chi connectivity index (χ1n) is 5.63. The summed E-state index contributed by atoms with van der Waals surface area (Å²) in [4.78, 5) is 4.36. The van der Waals surface area contributed by atoms with E-state index in [0.717, 1.165) is 16.5 Å². The van der Waals surface area contributed by atoms with Crippen molar-refractivity contribution in [2.45, 2.75) is 0 Å². The van der Waals surface area contributed by atoms with E-state index >= 15 is 0 Å². The number of para-hydroxylation sites is 1. The zero-order chi connectivity index (χ0) is 13.2. The molecule has 92 valence electrons. The van der Waals surface area contributed by atoms with Crippen molar-refractivity contribution >= 4 is 27.4 Å². The van der Waals surface area contributed by atoms with Gasteiger partial charge in [0.05, 0.1) is 5.52 Å². The standard InChI is InChI=1S/C13H9N5S/c1-15-13-18-17-12(19-13)9-6-8-4-2-3-5-10(8)16-11(9)7-14/h2-6H,1H3,(H,15,18). The van der Waals surface area contributed by atoms with E-state index in [9.17, 15) is 5.26 Å². The van der Waals surface area contributed by atoms with Gasteiger partial charge in [-0.1, -0.05) is 29.5 Å². The summed E-state index contributed by atoms with van der Waals surface area (Å²) in [6.45, 7) is 0. The van der Waals surface area contributed by atoms with Crippen LogP contribution in [0.15, 0.2) is 30.3 Å². The van der Waals surface area contributed by atoms with Crippen LogP contribution in [0.25, 0.3) is 21.5 Å². The average molecular weight is 267 g/mol. The van der Waals surface area contributed by atoms with Crippen molar-refractivity contribution in [2.24, 2.45) is 0 Å². The van der Waals surface area contributed by atoms with E-state index in [1.54, 1.807) is 7.05 Å². The summed E-state index contributed by atoms with van der Waals surface area (Å²) in [6.07, 6.45) is 0. The van der Waals surface area contributed by atoms with Crippen LogP contribution in [-0.2, 0) is 0 Å². The molecule has 19 heavy (non-hydrogen) atoms. The highest BCUT2D eigenvalue weighted by atomic mass is 32.1. The Labute approximate surface area is 113 Å². The van der Waals surface area contributed by atoms with Crippen molar-refractivity contribution < 1.29 is 0 Å². The van der Waals surface area contributed by atoms with Gasteiger partial charge in [0.25, 0.3) is 0 Å². The van der Waals surface area contributed by atoms with Crippen LogP contribution in [-0.4, -0.2) is 22.2 Å². The van der Waals surface area contributed by atoms with Crippen LogP contribution in [0.4, 0.5) is 5.13 Å². The number of hydrogen-bond acceptors (Lipinski definition) is 6. The van der Waals surface area contributed by atoms with E-state index in [0.29, 0.717) is 15.8 Å². The van der Waals surface area contributed by atoms with Gasteiger partial charge in [-0.2, -0.15) is 5.26 Å². The minimum atomic E-state index is 0.373. The molecule has 0 aliphatic carbocycles. The highest BCUT2D eigenvalue weighted by Gasteiger charge is 2.13. The molecule has 0 saturated heterocycles. The Bertz CT molecular complexity index is 787. The number of aromatic nitrogens is 3. The fourth-order valence-electron chi connectivity index (χ4n) is 1.80. The summed E-state index contributed by atoms with van der Waals surface area (Å²) in [7, 11) is 1.79. The molecule has 0 aliphatic heterocycles. The fourth-order valence-corrected chi connectivity index (χ4v) is 2.51. The normalized spacial score (nSPS) is 10.3. The first kappa shape index (κ1) is 11.6. The predicted octanol–water partition coefficient (Wildman–Crippen LogP) is 2.67. The number of fused-ring (bicyclic) bond motifs is 1. The lowest BCUT2D eigenvalue weighted by Gasteiger charge is -2.02. The highest BCUT2D eigenvalue weighted by Crippen LogP contribution is 2.30. The second kappa shape index (κ2) is 4.63. The number of nitriles is 1. The molecule has 3 aromatic rings. The summed E-state index contributed by atoms with van der Waals surface area (Å²) in [5, 5.41) is 22.6. The molecule has 0 saturated carbocycles. The van der Waals surface area contributed by atoms with E-state index in [1.807, 2.05) is 30.3 Å². The van der Waals surface area contributed by atoms with Gasteiger partial charge in [-0.3, -0.25) is 0 Å². The predicted molar refractivity (Wildman–Crippen MR) is 74.9 cm³/mol. The smallest absolute Gasteiger partial charge is 0.205 e. The summed E-state index contributed by atoms with van der Waals surface area (Å²) in [5.74, 6) is 0. The van der Waals surface area contributed by atoms with Gasteiger partial charge in [-0.05, 0) is 12.1 Å². The molecule has 5 nitrogen and oxygen atoms in total. The van der Waals surface area contributed by atoms with Gasteiger partial charge in [0.1, 0.15) is 6.07 Å². The number of nitrogens with one attached hydrogen (secondary N) is 1. The molecule has 2 aromatic heterocycles. The maximum atomic E-state index is 9.23. The van der Waals surface area contributed by atoms with E-state index in [-0.39, 0.29) is 0 Å². The van der Waals surface area contributed by atoms with Crippen molar-refractivity contribution in [2.75, 3.05) is 12.4 Å². The van der Waals surface area contributed by atoms with Crippen molar-refractivity contribution in [3.8, 4) is 16.6 Å².